The maximum absolute atomic E-state index is 14.1. The summed E-state index contributed by atoms with van der Waals surface area (Å²) in [4.78, 5) is 16.5. The molecule has 162 valence electrons. The van der Waals surface area contributed by atoms with Crippen molar-refractivity contribution in [2.24, 2.45) is 0 Å². The Hall–Kier alpha value is -3.33. The molecular formula is C22H21F2N3O4. The van der Waals surface area contributed by atoms with E-state index in [1.165, 1.54) is 6.20 Å². The summed E-state index contributed by atoms with van der Waals surface area (Å²) < 4.78 is 43.8. The fourth-order valence-electron chi connectivity index (χ4n) is 3.31. The summed E-state index contributed by atoms with van der Waals surface area (Å²) in [5, 5.41) is 6.81. The number of amides is 1. The van der Waals surface area contributed by atoms with Gasteiger partial charge in [-0.3, -0.25) is 4.79 Å². The Balaban J connectivity index is 1.42. The molecule has 1 aromatic carbocycles. The van der Waals surface area contributed by atoms with Gasteiger partial charge in [0.05, 0.1) is 11.1 Å². The fraction of sp³-hybridized carbons (Fsp3) is 0.318. The quantitative estimate of drug-likeness (QED) is 0.641. The number of aryl methyl sites for hydroxylation is 1. The van der Waals surface area contributed by atoms with Crippen LogP contribution in [-0.4, -0.2) is 35.3 Å². The van der Waals surface area contributed by atoms with Gasteiger partial charge in [-0.25, -0.2) is 13.8 Å². The van der Waals surface area contributed by atoms with Gasteiger partial charge in [0.15, 0.2) is 0 Å². The number of halogens is 2. The number of carbonyl (C=O) groups excluding carboxylic acids is 1. The third-order valence-electron chi connectivity index (χ3n) is 5.09. The second-order valence-electron chi connectivity index (χ2n) is 7.22. The second kappa shape index (κ2) is 9.22. The van der Waals surface area contributed by atoms with Crippen molar-refractivity contribution in [2.75, 3.05) is 13.2 Å². The molecular weight excluding hydrogens is 408 g/mol. The summed E-state index contributed by atoms with van der Waals surface area (Å²) in [5.41, 5.74) is 1.06. The molecule has 0 unspecified atom stereocenters. The van der Waals surface area contributed by atoms with E-state index in [9.17, 15) is 13.6 Å². The third kappa shape index (κ3) is 4.88. The number of nitrogens with zero attached hydrogens (tertiary/aromatic N) is 2. The van der Waals surface area contributed by atoms with Crippen molar-refractivity contribution in [3.63, 3.8) is 0 Å². The molecule has 31 heavy (non-hydrogen) atoms. The zero-order valence-corrected chi connectivity index (χ0v) is 16.9. The van der Waals surface area contributed by atoms with Crippen molar-refractivity contribution in [2.45, 2.75) is 32.4 Å². The molecule has 4 rings (SSSR count). The molecule has 1 aliphatic rings. The molecule has 0 bridgehead atoms. The van der Waals surface area contributed by atoms with E-state index in [1.807, 2.05) is 0 Å². The van der Waals surface area contributed by atoms with E-state index in [0.717, 1.165) is 31.0 Å². The van der Waals surface area contributed by atoms with Crippen LogP contribution in [0.5, 0.6) is 5.88 Å². The lowest BCUT2D eigenvalue weighted by molar-refractivity contribution is 0.0696. The highest BCUT2D eigenvalue weighted by atomic mass is 19.1. The van der Waals surface area contributed by atoms with Crippen LogP contribution in [0.2, 0.25) is 0 Å². The van der Waals surface area contributed by atoms with Crippen LogP contribution in [0.4, 0.5) is 8.78 Å². The minimum absolute atomic E-state index is 0.0106. The molecule has 1 N–H and O–H groups in total. The number of ether oxygens (including phenoxy) is 2. The molecule has 1 aliphatic heterocycles. The average Bonchev–Trinajstić information content (AvgIpc) is 3.15. The normalized spacial score (nSPS) is 14.4. The van der Waals surface area contributed by atoms with Crippen LogP contribution in [0, 0.1) is 18.6 Å². The molecule has 0 aliphatic carbocycles. The molecule has 9 heteroatoms. The van der Waals surface area contributed by atoms with Gasteiger partial charge in [-0.1, -0.05) is 5.16 Å². The number of aromatic nitrogens is 2. The predicted molar refractivity (Wildman–Crippen MR) is 106 cm³/mol. The van der Waals surface area contributed by atoms with Crippen LogP contribution in [0.15, 0.2) is 41.1 Å². The molecule has 2 aromatic heterocycles. The van der Waals surface area contributed by atoms with Gasteiger partial charge in [-0.2, -0.15) is 0 Å². The predicted octanol–water partition coefficient (Wildman–Crippen LogP) is 3.81. The topological polar surface area (TPSA) is 86.5 Å². The SMILES string of the molecule is Cc1onc(-c2cc(F)ccc2F)c1COc1ccc(C(=O)NC2CCOCC2)cn1. The van der Waals surface area contributed by atoms with Gasteiger partial charge in [0.1, 0.15) is 29.7 Å². The van der Waals surface area contributed by atoms with Gasteiger partial charge in [0.25, 0.3) is 5.91 Å². The molecule has 3 heterocycles. The summed E-state index contributed by atoms with van der Waals surface area (Å²) in [6.45, 7) is 2.92. The lowest BCUT2D eigenvalue weighted by Crippen LogP contribution is -2.38. The Morgan fingerprint density at radius 2 is 2.03 bits per heavy atom. The largest absolute Gasteiger partial charge is 0.473 e. The van der Waals surface area contributed by atoms with Crippen molar-refractivity contribution in [1.82, 2.24) is 15.5 Å². The van der Waals surface area contributed by atoms with Crippen LogP contribution in [0.3, 0.4) is 0 Å². The Morgan fingerprint density at radius 1 is 1.23 bits per heavy atom. The molecule has 1 fully saturated rings. The third-order valence-corrected chi connectivity index (χ3v) is 5.09. The lowest BCUT2D eigenvalue weighted by Gasteiger charge is -2.23. The van der Waals surface area contributed by atoms with Gasteiger partial charge < -0.3 is 19.3 Å². The van der Waals surface area contributed by atoms with Crippen LogP contribution in [0.25, 0.3) is 11.3 Å². The monoisotopic (exact) mass is 429 g/mol. The van der Waals surface area contributed by atoms with Crippen LogP contribution in [-0.2, 0) is 11.3 Å². The number of hydrogen-bond donors (Lipinski definition) is 1. The summed E-state index contributed by atoms with van der Waals surface area (Å²) in [7, 11) is 0. The standard InChI is InChI=1S/C22H21F2N3O4/c1-13-18(21(27-31-13)17-10-15(23)3-4-19(17)24)12-30-20-5-2-14(11-25-20)22(28)26-16-6-8-29-9-7-16/h2-5,10-11,16H,6-9,12H2,1H3,(H,26,28). The lowest BCUT2D eigenvalue weighted by atomic mass is 10.1. The van der Waals surface area contributed by atoms with E-state index >= 15 is 0 Å². The van der Waals surface area contributed by atoms with E-state index in [-0.39, 0.29) is 35.7 Å². The molecule has 1 amide bonds. The van der Waals surface area contributed by atoms with Gasteiger partial charge in [-0.15, -0.1) is 0 Å². The Morgan fingerprint density at radius 3 is 2.77 bits per heavy atom. The molecule has 1 saturated heterocycles. The van der Waals surface area contributed by atoms with Crippen LogP contribution >= 0.6 is 0 Å². The number of pyridine rings is 1. The first-order valence-corrected chi connectivity index (χ1v) is 9.89. The number of benzene rings is 1. The highest BCUT2D eigenvalue weighted by Gasteiger charge is 2.20. The minimum atomic E-state index is -0.617. The van der Waals surface area contributed by atoms with Crippen LogP contribution < -0.4 is 10.1 Å². The van der Waals surface area contributed by atoms with Gasteiger partial charge in [-0.05, 0) is 44.0 Å². The number of hydrogen-bond acceptors (Lipinski definition) is 6. The Bertz CT molecular complexity index is 1060. The Labute approximate surface area is 177 Å². The van der Waals surface area contributed by atoms with Crippen molar-refractivity contribution < 1.29 is 27.6 Å². The first-order chi connectivity index (χ1) is 15.0. The van der Waals surface area contributed by atoms with Crippen molar-refractivity contribution in [3.05, 3.63) is 65.1 Å². The maximum atomic E-state index is 14.1. The molecule has 3 aromatic rings. The summed E-state index contributed by atoms with van der Waals surface area (Å²) >= 11 is 0. The number of rotatable bonds is 6. The van der Waals surface area contributed by atoms with E-state index in [0.29, 0.717) is 30.1 Å². The van der Waals surface area contributed by atoms with E-state index in [2.05, 4.69) is 15.5 Å². The Kier molecular flexibility index (Phi) is 6.22. The van der Waals surface area contributed by atoms with Gasteiger partial charge >= 0.3 is 0 Å². The van der Waals surface area contributed by atoms with Crippen molar-refractivity contribution in [1.29, 1.82) is 0 Å². The van der Waals surface area contributed by atoms with Crippen molar-refractivity contribution >= 4 is 5.91 Å². The van der Waals surface area contributed by atoms with Gasteiger partial charge in [0, 0.05) is 37.1 Å². The highest BCUT2D eigenvalue weighted by Crippen LogP contribution is 2.29. The van der Waals surface area contributed by atoms with E-state index in [1.54, 1.807) is 19.1 Å². The van der Waals surface area contributed by atoms with E-state index < -0.39 is 11.6 Å². The summed E-state index contributed by atoms with van der Waals surface area (Å²) in [5.74, 6) is -0.709. The van der Waals surface area contributed by atoms with Crippen LogP contribution in [0.1, 0.15) is 34.5 Å². The second-order valence-corrected chi connectivity index (χ2v) is 7.22. The molecule has 0 saturated carbocycles. The molecule has 0 spiro atoms. The highest BCUT2D eigenvalue weighted by molar-refractivity contribution is 5.94. The smallest absolute Gasteiger partial charge is 0.253 e. The van der Waals surface area contributed by atoms with E-state index in [4.69, 9.17) is 14.0 Å². The zero-order valence-electron chi connectivity index (χ0n) is 16.9. The average molecular weight is 429 g/mol. The minimum Gasteiger partial charge on any atom is -0.473 e. The first kappa shape index (κ1) is 20.9. The van der Waals surface area contributed by atoms with Crippen molar-refractivity contribution in [3.8, 4) is 17.1 Å². The number of nitrogens with one attached hydrogen (secondary N) is 1. The summed E-state index contributed by atoms with van der Waals surface area (Å²) in [6.07, 6.45) is 3.00. The molecule has 0 atom stereocenters. The maximum Gasteiger partial charge on any atom is 0.253 e. The molecule has 7 nitrogen and oxygen atoms in total. The fourth-order valence-corrected chi connectivity index (χ4v) is 3.31. The first-order valence-electron chi connectivity index (χ1n) is 9.89. The molecule has 0 radical (unpaired) electrons. The zero-order chi connectivity index (χ0) is 21.8. The summed E-state index contributed by atoms with van der Waals surface area (Å²) in [6, 6.07) is 6.40. The number of carbonyl (C=O) groups is 1. The van der Waals surface area contributed by atoms with Gasteiger partial charge in [0.2, 0.25) is 5.88 Å².